The summed E-state index contributed by atoms with van der Waals surface area (Å²) in [5, 5.41) is 6.28. The Morgan fingerprint density at radius 1 is 1.05 bits per heavy atom. The average molecular weight is 581 g/mol. The van der Waals surface area contributed by atoms with Crippen molar-refractivity contribution in [2.75, 3.05) is 0 Å². The van der Waals surface area contributed by atoms with Crippen LogP contribution in [0.3, 0.4) is 0 Å². The molecule has 1 N–H and O–H groups in total. The number of benzene rings is 1. The normalized spacial score (nSPS) is 26.2. The number of Topliss-reactive ketones (excluding diaryl/α,β-unsaturated/α-hetero) is 1. The largest absolute Gasteiger partial charge is 0.474 e. The summed E-state index contributed by atoms with van der Waals surface area (Å²) in [6.07, 6.45) is -4.01. The molecular weight excluding hydrogens is 557 g/mol. The Kier molecular flexibility index (Phi) is 7.75. The number of nitrogens with zero attached hydrogens (tertiary/aromatic N) is 1. The highest BCUT2D eigenvalue weighted by atomic mass is 35.5. The first-order valence-electron chi connectivity index (χ1n) is 12.2. The Bertz CT molecular complexity index is 1290. The Hall–Kier alpha value is -2.56. The van der Waals surface area contributed by atoms with Crippen LogP contribution in [0.4, 0.5) is 13.2 Å². The van der Waals surface area contributed by atoms with Crippen LogP contribution in [-0.4, -0.2) is 34.2 Å². The highest BCUT2D eigenvalue weighted by Gasteiger charge is 2.49. The fraction of sp³-hybridized carbons (Fsp3) is 0.370. The molecule has 200 valence electrons. The summed E-state index contributed by atoms with van der Waals surface area (Å²) in [5.74, 6) is -1.76. The number of pyridine rings is 1. The van der Waals surface area contributed by atoms with Crippen LogP contribution in [0.1, 0.15) is 43.4 Å². The van der Waals surface area contributed by atoms with Crippen molar-refractivity contribution in [3.63, 3.8) is 0 Å². The maximum atomic E-state index is 13.4. The first-order valence-corrected chi connectivity index (χ1v) is 14.4. The molecule has 1 amide bonds. The van der Waals surface area contributed by atoms with Gasteiger partial charge in [0.2, 0.25) is 11.8 Å². The second-order valence-corrected chi connectivity index (χ2v) is 11.8. The average Bonchev–Trinajstić information content (AvgIpc) is 3.43. The molecule has 0 bridgehead atoms. The first kappa shape index (κ1) is 27.0. The molecule has 2 atom stereocenters. The summed E-state index contributed by atoms with van der Waals surface area (Å²) in [5.41, 5.74) is -0.0417. The summed E-state index contributed by atoms with van der Waals surface area (Å²) in [6, 6.07) is 14.0. The van der Waals surface area contributed by atoms with Gasteiger partial charge < -0.3 is 10.1 Å². The minimum Gasteiger partial charge on any atom is -0.474 e. The Morgan fingerprint density at radius 3 is 2.47 bits per heavy atom. The molecule has 0 spiro atoms. The lowest BCUT2D eigenvalue weighted by molar-refractivity contribution is -0.185. The molecule has 2 fully saturated rings. The van der Waals surface area contributed by atoms with E-state index in [1.165, 1.54) is 11.3 Å². The minimum absolute atomic E-state index is 0.0156. The third-order valence-electron chi connectivity index (χ3n) is 6.99. The SMILES string of the molecule is O=C1CC(c2ccsc2)(c2cccc(OC3CCC(C(F)(F)F)CC3)n2)NC(=O)C1Sc1ccccc1Cl. The second kappa shape index (κ2) is 10.9. The van der Waals surface area contributed by atoms with Crippen LogP contribution in [0.5, 0.6) is 5.88 Å². The smallest absolute Gasteiger partial charge is 0.391 e. The van der Waals surface area contributed by atoms with Gasteiger partial charge in [0.15, 0.2) is 5.78 Å². The molecule has 2 aromatic heterocycles. The highest BCUT2D eigenvalue weighted by Crippen LogP contribution is 2.42. The molecule has 2 aliphatic rings. The van der Waals surface area contributed by atoms with E-state index >= 15 is 0 Å². The second-order valence-electron chi connectivity index (χ2n) is 9.47. The number of alkyl halides is 3. The van der Waals surface area contributed by atoms with Crippen LogP contribution in [-0.2, 0) is 15.1 Å². The van der Waals surface area contributed by atoms with E-state index in [2.05, 4.69) is 10.3 Å². The highest BCUT2D eigenvalue weighted by molar-refractivity contribution is 8.01. The van der Waals surface area contributed by atoms with Gasteiger partial charge in [-0.1, -0.05) is 29.8 Å². The van der Waals surface area contributed by atoms with Crippen LogP contribution in [0.15, 0.2) is 64.2 Å². The van der Waals surface area contributed by atoms with Crippen molar-refractivity contribution in [1.29, 1.82) is 0 Å². The van der Waals surface area contributed by atoms with Crippen LogP contribution < -0.4 is 10.1 Å². The zero-order chi connectivity index (χ0) is 26.9. The van der Waals surface area contributed by atoms with Crippen LogP contribution >= 0.6 is 34.7 Å². The third-order valence-corrected chi connectivity index (χ3v) is 9.43. The van der Waals surface area contributed by atoms with E-state index < -0.39 is 28.8 Å². The zero-order valence-corrected chi connectivity index (χ0v) is 22.4. The molecular formula is C27H24ClF3N2O3S2. The lowest BCUT2D eigenvalue weighted by Gasteiger charge is -2.39. The predicted octanol–water partition coefficient (Wildman–Crippen LogP) is 6.79. The molecule has 2 unspecified atom stereocenters. The van der Waals surface area contributed by atoms with E-state index in [0.717, 1.165) is 17.3 Å². The summed E-state index contributed by atoms with van der Waals surface area (Å²) < 4.78 is 45.1. The van der Waals surface area contributed by atoms with Gasteiger partial charge in [-0.15, -0.1) is 11.8 Å². The number of aromatic nitrogens is 1. The van der Waals surface area contributed by atoms with E-state index in [1.54, 1.807) is 42.5 Å². The quantitative estimate of drug-likeness (QED) is 0.325. The number of amides is 1. The molecule has 1 aliphatic carbocycles. The van der Waals surface area contributed by atoms with Crippen molar-refractivity contribution in [1.82, 2.24) is 10.3 Å². The molecule has 3 heterocycles. The van der Waals surface area contributed by atoms with E-state index in [-0.39, 0.29) is 49.9 Å². The predicted molar refractivity (Wildman–Crippen MR) is 141 cm³/mol. The number of thioether (sulfide) groups is 1. The molecule has 1 aliphatic heterocycles. The molecule has 38 heavy (non-hydrogen) atoms. The zero-order valence-electron chi connectivity index (χ0n) is 20.0. The number of carbonyl (C=O) groups excluding carboxylic acids is 2. The first-order chi connectivity index (χ1) is 18.2. The molecule has 1 aromatic carbocycles. The number of hydrogen-bond donors (Lipinski definition) is 1. The van der Waals surface area contributed by atoms with Crippen molar-refractivity contribution < 1.29 is 27.5 Å². The number of rotatable bonds is 6. The lowest BCUT2D eigenvalue weighted by Crippen LogP contribution is -2.58. The molecule has 3 aromatic rings. The fourth-order valence-corrected chi connectivity index (χ4v) is 6.96. The van der Waals surface area contributed by atoms with Gasteiger partial charge in [0.05, 0.1) is 16.6 Å². The van der Waals surface area contributed by atoms with E-state index in [4.69, 9.17) is 16.3 Å². The summed E-state index contributed by atoms with van der Waals surface area (Å²) >= 11 is 8.80. The summed E-state index contributed by atoms with van der Waals surface area (Å²) in [7, 11) is 0. The molecule has 11 heteroatoms. The number of halogens is 4. The number of ketones is 1. The van der Waals surface area contributed by atoms with Crippen LogP contribution in [0.25, 0.3) is 0 Å². The van der Waals surface area contributed by atoms with E-state index in [1.807, 2.05) is 16.8 Å². The summed E-state index contributed by atoms with van der Waals surface area (Å²) in [6.45, 7) is 0. The van der Waals surface area contributed by atoms with Gasteiger partial charge in [-0.05, 0) is 66.3 Å². The van der Waals surface area contributed by atoms with Gasteiger partial charge >= 0.3 is 6.18 Å². The van der Waals surface area contributed by atoms with Gasteiger partial charge in [0.1, 0.15) is 16.9 Å². The van der Waals surface area contributed by atoms with Crippen molar-refractivity contribution in [3.05, 3.63) is 75.6 Å². The van der Waals surface area contributed by atoms with Crippen molar-refractivity contribution in [2.24, 2.45) is 5.92 Å². The maximum absolute atomic E-state index is 13.4. The van der Waals surface area contributed by atoms with Crippen molar-refractivity contribution in [3.8, 4) is 5.88 Å². The molecule has 0 radical (unpaired) electrons. The molecule has 1 saturated carbocycles. The fourth-order valence-electron chi connectivity index (χ4n) is 4.99. The van der Waals surface area contributed by atoms with Gasteiger partial charge in [-0.2, -0.15) is 24.5 Å². The van der Waals surface area contributed by atoms with Gasteiger partial charge in [-0.3, -0.25) is 9.59 Å². The lowest BCUT2D eigenvalue weighted by atomic mass is 9.79. The number of ether oxygens (including phenoxy) is 1. The van der Waals surface area contributed by atoms with Crippen molar-refractivity contribution in [2.45, 2.75) is 60.1 Å². The number of nitrogens with one attached hydrogen (secondary N) is 1. The minimum atomic E-state index is -4.19. The number of thiophene rings is 1. The standard InChI is InChI=1S/C27H24ClF3N2O3S2/c28-19-4-1-2-5-21(19)38-24-20(34)14-26(33-25(24)35,17-12-13-37-15-17)22-6-3-7-23(32-22)36-18-10-8-16(9-11-18)27(29,30)31/h1-7,12-13,15-16,18,24H,8-11,14H2,(H,33,35). The van der Waals surface area contributed by atoms with Gasteiger partial charge in [-0.25, -0.2) is 4.98 Å². The van der Waals surface area contributed by atoms with Gasteiger partial charge in [0, 0.05) is 17.4 Å². The molecule has 5 rings (SSSR count). The Labute approximate surface area is 231 Å². The number of piperidine rings is 1. The van der Waals surface area contributed by atoms with Crippen molar-refractivity contribution >= 4 is 46.4 Å². The molecule has 5 nitrogen and oxygen atoms in total. The van der Waals surface area contributed by atoms with Crippen LogP contribution in [0.2, 0.25) is 5.02 Å². The van der Waals surface area contributed by atoms with E-state index in [9.17, 15) is 22.8 Å². The molecule has 1 saturated heterocycles. The topological polar surface area (TPSA) is 68.3 Å². The number of hydrogen-bond acceptors (Lipinski definition) is 6. The Balaban J connectivity index is 1.38. The van der Waals surface area contributed by atoms with Gasteiger partial charge in [0.25, 0.3) is 0 Å². The monoisotopic (exact) mass is 580 g/mol. The number of carbonyl (C=O) groups is 2. The summed E-state index contributed by atoms with van der Waals surface area (Å²) in [4.78, 5) is 32.1. The Morgan fingerprint density at radius 2 is 1.82 bits per heavy atom. The maximum Gasteiger partial charge on any atom is 0.391 e. The van der Waals surface area contributed by atoms with E-state index in [0.29, 0.717) is 15.6 Å². The third kappa shape index (κ3) is 5.58. The van der Waals surface area contributed by atoms with Crippen LogP contribution in [0, 0.1) is 5.92 Å².